The zero-order valence-electron chi connectivity index (χ0n) is 12.6. The summed E-state index contributed by atoms with van der Waals surface area (Å²) in [6.45, 7) is 7.33. The highest BCUT2D eigenvalue weighted by molar-refractivity contribution is 4.93. The van der Waals surface area contributed by atoms with E-state index in [2.05, 4.69) is 17.1 Å². The van der Waals surface area contributed by atoms with Crippen molar-refractivity contribution in [3.05, 3.63) is 34.7 Å². The second kappa shape index (κ2) is 8.22. The van der Waals surface area contributed by atoms with E-state index in [-0.39, 0.29) is 5.56 Å². The lowest BCUT2D eigenvalue weighted by Gasteiger charge is -2.30. The highest BCUT2D eigenvalue weighted by Gasteiger charge is 2.16. The predicted octanol–water partition coefficient (Wildman–Crippen LogP) is 1.70. The molecule has 2 rings (SSSR count). The molecule has 112 valence electrons. The van der Waals surface area contributed by atoms with E-state index < -0.39 is 0 Å². The van der Waals surface area contributed by atoms with E-state index in [4.69, 9.17) is 0 Å². The van der Waals surface area contributed by atoms with Crippen molar-refractivity contribution in [2.75, 3.05) is 26.2 Å². The van der Waals surface area contributed by atoms with Gasteiger partial charge in [-0.1, -0.05) is 19.4 Å². The van der Waals surface area contributed by atoms with Crippen LogP contribution in [0.15, 0.2) is 29.2 Å². The minimum Gasteiger partial charge on any atom is -0.314 e. The topological polar surface area (TPSA) is 37.3 Å². The average Bonchev–Trinajstić information content (AvgIpc) is 2.47. The minimum atomic E-state index is 0.0970. The van der Waals surface area contributed by atoms with Gasteiger partial charge in [0.15, 0.2) is 0 Å². The van der Waals surface area contributed by atoms with E-state index in [1.807, 2.05) is 12.3 Å². The summed E-state index contributed by atoms with van der Waals surface area (Å²) in [4.78, 5) is 14.2. The van der Waals surface area contributed by atoms with Crippen LogP contribution in [0, 0.1) is 0 Å². The van der Waals surface area contributed by atoms with Gasteiger partial charge in [0.05, 0.1) is 0 Å². The quantitative estimate of drug-likeness (QED) is 0.824. The number of nitrogens with zero attached hydrogens (tertiary/aromatic N) is 2. The van der Waals surface area contributed by atoms with Crippen molar-refractivity contribution >= 4 is 0 Å². The molecule has 2 heterocycles. The van der Waals surface area contributed by atoms with Gasteiger partial charge in [-0.15, -0.1) is 0 Å². The Bertz CT molecular complexity index is 437. The Hall–Kier alpha value is -1.13. The summed E-state index contributed by atoms with van der Waals surface area (Å²) < 4.78 is 1.80. The molecule has 1 aromatic rings. The van der Waals surface area contributed by atoms with Crippen molar-refractivity contribution in [3.63, 3.8) is 0 Å². The van der Waals surface area contributed by atoms with Crippen molar-refractivity contribution in [1.82, 2.24) is 14.8 Å². The molecule has 0 bridgehead atoms. The highest BCUT2D eigenvalue weighted by Crippen LogP contribution is 2.09. The number of hydrogen-bond donors (Lipinski definition) is 1. The van der Waals surface area contributed by atoms with Crippen LogP contribution >= 0.6 is 0 Å². The van der Waals surface area contributed by atoms with Crippen LogP contribution in [0.3, 0.4) is 0 Å². The second-order valence-electron chi connectivity index (χ2n) is 5.68. The molecule has 0 spiro atoms. The van der Waals surface area contributed by atoms with Gasteiger partial charge in [0.25, 0.3) is 5.56 Å². The van der Waals surface area contributed by atoms with Crippen LogP contribution in [0.4, 0.5) is 0 Å². The summed E-state index contributed by atoms with van der Waals surface area (Å²) in [5.74, 6) is 0. The van der Waals surface area contributed by atoms with E-state index in [0.717, 1.165) is 39.1 Å². The fraction of sp³-hybridized carbons (Fsp3) is 0.688. The Morgan fingerprint density at radius 1 is 1.35 bits per heavy atom. The monoisotopic (exact) mass is 277 g/mol. The van der Waals surface area contributed by atoms with E-state index in [1.54, 1.807) is 16.7 Å². The van der Waals surface area contributed by atoms with Crippen molar-refractivity contribution in [1.29, 1.82) is 0 Å². The molecule has 1 unspecified atom stereocenters. The van der Waals surface area contributed by atoms with Crippen LogP contribution in [-0.4, -0.2) is 41.7 Å². The van der Waals surface area contributed by atoms with Crippen molar-refractivity contribution in [3.8, 4) is 0 Å². The zero-order valence-corrected chi connectivity index (χ0v) is 12.6. The maximum absolute atomic E-state index is 11.7. The standard InChI is InChI=1S/C16H27N3O/c1-2-10-18(14-15-7-3-5-9-17-15)12-13-19-11-6-4-8-16(19)20/h4,6,8,11,15,17H,2-3,5,7,9-10,12-14H2,1H3. The van der Waals surface area contributed by atoms with Gasteiger partial charge in [-0.2, -0.15) is 0 Å². The normalized spacial score (nSPS) is 19.4. The first-order valence-electron chi connectivity index (χ1n) is 7.91. The third kappa shape index (κ3) is 4.76. The van der Waals surface area contributed by atoms with Gasteiger partial charge in [0.2, 0.25) is 0 Å². The lowest BCUT2D eigenvalue weighted by molar-refractivity contribution is 0.216. The average molecular weight is 277 g/mol. The van der Waals surface area contributed by atoms with Crippen molar-refractivity contribution < 1.29 is 0 Å². The van der Waals surface area contributed by atoms with Gasteiger partial charge in [0.1, 0.15) is 0 Å². The molecule has 0 saturated carbocycles. The van der Waals surface area contributed by atoms with Crippen LogP contribution < -0.4 is 10.9 Å². The summed E-state index contributed by atoms with van der Waals surface area (Å²) in [6.07, 6.45) is 6.98. The zero-order chi connectivity index (χ0) is 14.2. The van der Waals surface area contributed by atoms with Crippen LogP contribution in [0.2, 0.25) is 0 Å². The Morgan fingerprint density at radius 3 is 2.95 bits per heavy atom. The van der Waals surface area contributed by atoms with Gasteiger partial charge < -0.3 is 14.8 Å². The van der Waals surface area contributed by atoms with Gasteiger partial charge in [-0.3, -0.25) is 4.79 Å². The lowest BCUT2D eigenvalue weighted by atomic mass is 10.0. The second-order valence-corrected chi connectivity index (χ2v) is 5.68. The third-order valence-corrected chi connectivity index (χ3v) is 3.99. The summed E-state index contributed by atoms with van der Waals surface area (Å²) in [5.41, 5.74) is 0.0970. The molecule has 1 saturated heterocycles. The minimum absolute atomic E-state index is 0.0970. The highest BCUT2D eigenvalue weighted by atomic mass is 16.1. The van der Waals surface area contributed by atoms with E-state index in [1.165, 1.54) is 19.3 Å². The number of aromatic nitrogens is 1. The molecule has 0 aromatic carbocycles. The van der Waals surface area contributed by atoms with Gasteiger partial charge in [0, 0.05) is 37.9 Å². The van der Waals surface area contributed by atoms with Gasteiger partial charge in [-0.05, 0) is 38.4 Å². The predicted molar refractivity (Wildman–Crippen MR) is 83.1 cm³/mol. The molecule has 0 amide bonds. The Labute approximate surface area is 121 Å². The third-order valence-electron chi connectivity index (χ3n) is 3.99. The molecule has 1 aliphatic heterocycles. The first-order chi connectivity index (χ1) is 9.79. The van der Waals surface area contributed by atoms with Crippen LogP contribution in [0.25, 0.3) is 0 Å². The molecule has 1 aromatic heterocycles. The molecule has 20 heavy (non-hydrogen) atoms. The number of nitrogens with one attached hydrogen (secondary N) is 1. The molecule has 1 aliphatic rings. The first-order valence-corrected chi connectivity index (χ1v) is 7.91. The molecule has 0 radical (unpaired) electrons. The Morgan fingerprint density at radius 2 is 2.25 bits per heavy atom. The van der Waals surface area contributed by atoms with Crippen molar-refractivity contribution in [2.24, 2.45) is 0 Å². The maximum atomic E-state index is 11.7. The van der Waals surface area contributed by atoms with Crippen LogP contribution in [0.1, 0.15) is 32.6 Å². The fourth-order valence-corrected chi connectivity index (χ4v) is 2.90. The molecule has 1 fully saturated rings. The van der Waals surface area contributed by atoms with Crippen LogP contribution in [0.5, 0.6) is 0 Å². The number of rotatable bonds is 7. The largest absolute Gasteiger partial charge is 0.314 e. The molecule has 4 nitrogen and oxygen atoms in total. The molecule has 1 atom stereocenters. The van der Waals surface area contributed by atoms with Crippen molar-refractivity contribution in [2.45, 2.75) is 45.2 Å². The lowest BCUT2D eigenvalue weighted by Crippen LogP contribution is -2.45. The summed E-state index contributed by atoms with van der Waals surface area (Å²) in [7, 11) is 0. The van der Waals surface area contributed by atoms with E-state index >= 15 is 0 Å². The number of hydrogen-bond acceptors (Lipinski definition) is 3. The summed E-state index contributed by atoms with van der Waals surface area (Å²) in [6, 6.07) is 5.98. The molecule has 1 N–H and O–H groups in total. The molecule has 0 aliphatic carbocycles. The smallest absolute Gasteiger partial charge is 0.250 e. The van der Waals surface area contributed by atoms with E-state index in [0.29, 0.717) is 6.04 Å². The van der Waals surface area contributed by atoms with Gasteiger partial charge in [-0.25, -0.2) is 0 Å². The van der Waals surface area contributed by atoms with E-state index in [9.17, 15) is 4.79 Å². The summed E-state index contributed by atoms with van der Waals surface area (Å²) >= 11 is 0. The Kier molecular flexibility index (Phi) is 6.27. The fourth-order valence-electron chi connectivity index (χ4n) is 2.90. The summed E-state index contributed by atoms with van der Waals surface area (Å²) in [5, 5.41) is 3.61. The number of pyridine rings is 1. The molecule has 4 heteroatoms. The van der Waals surface area contributed by atoms with Gasteiger partial charge >= 0.3 is 0 Å². The first kappa shape index (κ1) is 15.3. The molecular formula is C16H27N3O. The Balaban J connectivity index is 1.85. The molecular weight excluding hydrogens is 250 g/mol. The number of piperidine rings is 1. The van der Waals surface area contributed by atoms with Crippen LogP contribution in [-0.2, 0) is 6.54 Å². The SMILES string of the molecule is CCCN(CCn1ccccc1=O)CC1CCCCN1. The maximum Gasteiger partial charge on any atom is 0.250 e.